The van der Waals surface area contributed by atoms with Gasteiger partial charge in [-0.3, -0.25) is 9.69 Å². The van der Waals surface area contributed by atoms with E-state index in [9.17, 15) is 9.18 Å². The fourth-order valence-electron chi connectivity index (χ4n) is 4.52. The minimum absolute atomic E-state index is 0.0301. The van der Waals surface area contributed by atoms with Crippen LogP contribution in [-0.2, 0) is 4.74 Å². The predicted octanol–water partition coefficient (Wildman–Crippen LogP) is 4.27. The van der Waals surface area contributed by atoms with Crippen LogP contribution in [0.3, 0.4) is 0 Å². The molecule has 1 aromatic heterocycles. The highest BCUT2D eigenvalue weighted by Crippen LogP contribution is 2.29. The largest absolute Gasteiger partial charge is 0.382 e. The van der Waals surface area contributed by atoms with Gasteiger partial charge in [-0.2, -0.15) is 5.10 Å². The molecule has 1 N–H and O–H groups in total. The molecule has 8 heteroatoms. The monoisotopic (exact) mass is 448 g/mol. The minimum atomic E-state index is -0.239. The van der Waals surface area contributed by atoms with Gasteiger partial charge in [-0.1, -0.05) is 23.7 Å². The molecule has 2 aliphatic heterocycles. The van der Waals surface area contributed by atoms with Gasteiger partial charge in [0.05, 0.1) is 24.5 Å². The van der Waals surface area contributed by atoms with E-state index < -0.39 is 0 Å². The number of rotatable bonds is 6. The first kappa shape index (κ1) is 22.2. The Morgan fingerprint density at radius 1 is 1.26 bits per heavy atom. The number of hydrogen-bond acceptors (Lipinski definition) is 5. The van der Waals surface area contributed by atoms with Crippen LogP contribution in [0.2, 0.25) is 5.02 Å². The van der Waals surface area contributed by atoms with E-state index in [0.717, 1.165) is 64.1 Å². The average Bonchev–Trinajstić information content (AvgIpc) is 2.81. The standard InChI is InChI=1S/C23H30ClFN4O2/c1-16(18-4-6-19(25)7-5-18)28-10-8-20(9-11-28)29-23(30)22(24)21(14-27-29)26-13-17-3-2-12-31-15-17/h4-7,14,16-17,20,26H,2-3,8-13,15H2,1H3/t16-,17?/m0/s1. The van der Waals surface area contributed by atoms with Crippen LogP contribution in [-0.4, -0.2) is 47.5 Å². The maximum atomic E-state index is 13.2. The summed E-state index contributed by atoms with van der Waals surface area (Å²) in [6.45, 7) is 6.12. The van der Waals surface area contributed by atoms with Crippen LogP contribution >= 0.6 is 11.6 Å². The molecule has 2 aliphatic rings. The van der Waals surface area contributed by atoms with Crippen LogP contribution in [0.4, 0.5) is 10.1 Å². The van der Waals surface area contributed by atoms with Crippen LogP contribution < -0.4 is 10.9 Å². The molecule has 2 saturated heterocycles. The summed E-state index contributed by atoms with van der Waals surface area (Å²) in [4.78, 5) is 15.2. The summed E-state index contributed by atoms with van der Waals surface area (Å²) in [5.74, 6) is 0.210. The zero-order chi connectivity index (χ0) is 21.8. The molecule has 4 rings (SSSR count). The van der Waals surface area contributed by atoms with Gasteiger partial charge in [0.1, 0.15) is 10.8 Å². The molecule has 0 aliphatic carbocycles. The van der Waals surface area contributed by atoms with E-state index in [1.54, 1.807) is 6.20 Å². The number of benzene rings is 1. The number of aromatic nitrogens is 2. The van der Waals surface area contributed by atoms with E-state index in [-0.39, 0.29) is 28.5 Å². The second kappa shape index (κ2) is 10.1. The third kappa shape index (κ3) is 5.27. The number of anilines is 1. The van der Waals surface area contributed by atoms with Crippen molar-refractivity contribution in [3.05, 3.63) is 57.2 Å². The summed E-state index contributed by atoms with van der Waals surface area (Å²) in [5, 5.41) is 7.91. The van der Waals surface area contributed by atoms with E-state index >= 15 is 0 Å². The molecule has 3 heterocycles. The van der Waals surface area contributed by atoms with Crippen molar-refractivity contribution in [2.45, 2.75) is 44.7 Å². The first-order valence-electron chi connectivity index (χ1n) is 11.1. The van der Waals surface area contributed by atoms with Gasteiger partial charge in [0.25, 0.3) is 5.56 Å². The number of nitrogens with one attached hydrogen (secondary N) is 1. The van der Waals surface area contributed by atoms with Gasteiger partial charge in [-0.15, -0.1) is 0 Å². The number of likely N-dealkylation sites (tertiary alicyclic amines) is 1. The van der Waals surface area contributed by atoms with Gasteiger partial charge in [0.15, 0.2) is 0 Å². The molecule has 2 fully saturated rings. The number of hydrogen-bond donors (Lipinski definition) is 1. The lowest BCUT2D eigenvalue weighted by atomic mass is 10.00. The Morgan fingerprint density at radius 2 is 2.00 bits per heavy atom. The van der Waals surface area contributed by atoms with Crippen molar-refractivity contribution in [1.29, 1.82) is 0 Å². The Kier molecular flexibility index (Phi) is 7.25. The number of halogens is 2. The lowest BCUT2D eigenvalue weighted by Crippen LogP contribution is -2.39. The molecule has 0 radical (unpaired) electrons. The molecule has 0 saturated carbocycles. The molecule has 1 aromatic carbocycles. The van der Waals surface area contributed by atoms with Gasteiger partial charge < -0.3 is 10.1 Å². The van der Waals surface area contributed by atoms with Crippen molar-refractivity contribution < 1.29 is 9.13 Å². The highest BCUT2D eigenvalue weighted by atomic mass is 35.5. The fourth-order valence-corrected chi connectivity index (χ4v) is 4.72. The fraction of sp³-hybridized carbons (Fsp3) is 0.565. The second-order valence-electron chi connectivity index (χ2n) is 8.58. The molecule has 1 unspecified atom stereocenters. The summed E-state index contributed by atoms with van der Waals surface area (Å²) in [6, 6.07) is 6.90. The quantitative estimate of drug-likeness (QED) is 0.715. The highest BCUT2D eigenvalue weighted by Gasteiger charge is 2.26. The smallest absolute Gasteiger partial charge is 0.287 e. The molecule has 2 atom stereocenters. The lowest BCUT2D eigenvalue weighted by molar-refractivity contribution is 0.0595. The lowest BCUT2D eigenvalue weighted by Gasteiger charge is -2.36. The van der Waals surface area contributed by atoms with Crippen molar-refractivity contribution in [3.63, 3.8) is 0 Å². The second-order valence-corrected chi connectivity index (χ2v) is 8.96. The van der Waals surface area contributed by atoms with Crippen molar-refractivity contribution in [2.75, 3.05) is 38.2 Å². The van der Waals surface area contributed by atoms with Crippen LogP contribution in [0.1, 0.15) is 50.3 Å². The first-order chi connectivity index (χ1) is 15.0. The Bertz CT molecular complexity index is 922. The molecule has 31 heavy (non-hydrogen) atoms. The maximum absolute atomic E-state index is 13.2. The molecule has 168 valence electrons. The Hall–Kier alpha value is -1.96. The zero-order valence-corrected chi connectivity index (χ0v) is 18.7. The zero-order valence-electron chi connectivity index (χ0n) is 17.9. The van der Waals surface area contributed by atoms with E-state index in [0.29, 0.717) is 11.6 Å². The molecular weight excluding hydrogens is 419 g/mol. The minimum Gasteiger partial charge on any atom is -0.382 e. The van der Waals surface area contributed by atoms with Crippen molar-refractivity contribution >= 4 is 17.3 Å². The highest BCUT2D eigenvalue weighted by molar-refractivity contribution is 6.32. The molecule has 0 spiro atoms. The molecular formula is C23H30ClFN4O2. The van der Waals surface area contributed by atoms with Crippen LogP contribution in [0.15, 0.2) is 35.3 Å². The normalized spacial score (nSPS) is 21.7. The first-order valence-corrected chi connectivity index (χ1v) is 11.5. The van der Waals surface area contributed by atoms with Gasteiger partial charge in [0.2, 0.25) is 0 Å². The van der Waals surface area contributed by atoms with E-state index in [1.165, 1.54) is 16.8 Å². The van der Waals surface area contributed by atoms with Crippen LogP contribution in [0, 0.1) is 11.7 Å². The van der Waals surface area contributed by atoms with Crippen molar-refractivity contribution in [2.24, 2.45) is 5.92 Å². The summed E-state index contributed by atoms with van der Waals surface area (Å²) < 4.78 is 20.2. The number of nitrogens with zero attached hydrogens (tertiary/aromatic N) is 3. The summed E-state index contributed by atoms with van der Waals surface area (Å²) in [6.07, 6.45) is 5.49. The van der Waals surface area contributed by atoms with E-state index in [2.05, 4.69) is 22.2 Å². The summed E-state index contributed by atoms with van der Waals surface area (Å²) in [7, 11) is 0. The van der Waals surface area contributed by atoms with Gasteiger partial charge in [-0.05, 0) is 56.2 Å². The SMILES string of the molecule is C[C@@H](c1ccc(F)cc1)N1CCC(n2ncc(NCC3CCCOC3)c(Cl)c2=O)CC1. The predicted molar refractivity (Wildman–Crippen MR) is 120 cm³/mol. The van der Waals surface area contributed by atoms with Crippen LogP contribution in [0.25, 0.3) is 0 Å². The Balaban J connectivity index is 1.36. The van der Waals surface area contributed by atoms with Gasteiger partial charge in [-0.25, -0.2) is 9.07 Å². The topological polar surface area (TPSA) is 59.4 Å². The summed E-state index contributed by atoms with van der Waals surface area (Å²) >= 11 is 6.40. The maximum Gasteiger partial charge on any atom is 0.287 e. The van der Waals surface area contributed by atoms with E-state index in [4.69, 9.17) is 16.3 Å². The van der Waals surface area contributed by atoms with Crippen molar-refractivity contribution in [1.82, 2.24) is 14.7 Å². The number of ether oxygens (including phenoxy) is 1. The molecule has 2 aromatic rings. The van der Waals surface area contributed by atoms with Crippen molar-refractivity contribution in [3.8, 4) is 0 Å². The Morgan fingerprint density at radius 3 is 2.68 bits per heavy atom. The average molecular weight is 449 g/mol. The molecule has 6 nitrogen and oxygen atoms in total. The van der Waals surface area contributed by atoms with Gasteiger partial charge >= 0.3 is 0 Å². The summed E-state index contributed by atoms with van der Waals surface area (Å²) in [5.41, 5.74) is 1.45. The third-order valence-electron chi connectivity index (χ3n) is 6.52. The number of piperidine rings is 1. The molecule has 0 bridgehead atoms. The van der Waals surface area contributed by atoms with Gasteiger partial charge in [0, 0.05) is 32.3 Å². The Labute approximate surface area is 187 Å². The third-order valence-corrected chi connectivity index (χ3v) is 6.89. The molecule has 0 amide bonds. The van der Waals surface area contributed by atoms with Crippen LogP contribution in [0.5, 0.6) is 0 Å². The van der Waals surface area contributed by atoms with E-state index in [1.807, 2.05) is 12.1 Å².